The first-order valence-electron chi connectivity index (χ1n) is 9.97. The molecule has 0 spiro atoms. The van der Waals surface area contributed by atoms with E-state index in [4.69, 9.17) is 13.9 Å². The van der Waals surface area contributed by atoms with Gasteiger partial charge in [0.05, 0.1) is 6.61 Å². The largest absolute Gasteiger partial charge is 0.450 e. The smallest absolute Gasteiger partial charge is 0.375 e. The summed E-state index contributed by atoms with van der Waals surface area (Å²) < 4.78 is 16.0. The maximum atomic E-state index is 12.5. The lowest BCUT2D eigenvalue weighted by Crippen LogP contribution is -2.21. The van der Waals surface area contributed by atoms with Crippen LogP contribution in [0.15, 0.2) is 52.9 Å². The van der Waals surface area contributed by atoms with Gasteiger partial charge in [0.25, 0.3) is 5.91 Å². The third-order valence-corrected chi connectivity index (χ3v) is 5.13. The molecule has 2 aromatic carbocycles. The molecular formula is C23H24N2O5. The zero-order chi connectivity index (χ0) is 20.9. The summed E-state index contributed by atoms with van der Waals surface area (Å²) in [6.45, 7) is 1.93. The van der Waals surface area contributed by atoms with Crippen molar-refractivity contribution in [2.24, 2.45) is 0 Å². The van der Waals surface area contributed by atoms with Gasteiger partial charge >= 0.3 is 5.97 Å². The summed E-state index contributed by atoms with van der Waals surface area (Å²) in [5.41, 5.74) is 2.98. The molecule has 0 aliphatic carbocycles. The summed E-state index contributed by atoms with van der Waals surface area (Å²) in [5, 5.41) is 3.53. The molecule has 1 aliphatic rings. The first-order valence-corrected chi connectivity index (χ1v) is 9.97. The summed E-state index contributed by atoms with van der Waals surface area (Å²) in [5.74, 6) is -1.06. The number of hydrogen-bond acceptors (Lipinski definition) is 6. The van der Waals surface area contributed by atoms with Crippen molar-refractivity contribution in [3.8, 4) is 0 Å². The van der Waals surface area contributed by atoms with Crippen molar-refractivity contribution in [1.29, 1.82) is 0 Å². The van der Waals surface area contributed by atoms with E-state index >= 15 is 0 Å². The van der Waals surface area contributed by atoms with Gasteiger partial charge in [-0.15, -0.1) is 0 Å². The molecule has 30 heavy (non-hydrogen) atoms. The number of rotatable bonds is 7. The number of hydrogen-bond donors (Lipinski definition) is 1. The lowest BCUT2D eigenvalue weighted by atomic mass is 10.1. The molecule has 4 rings (SSSR count). The summed E-state index contributed by atoms with van der Waals surface area (Å²) in [6, 6.07) is 15.0. The molecule has 0 bridgehead atoms. The fourth-order valence-electron chi connectivity index (χ4n) is 3.68. The van der Waals surface area contributed by atoms with Gasteiger partial charge in [-0.25, -0.2) is 4.79 Å². The number of carbonyl (C=O) groups is 2. The maximum Gasteiger partial charge on any atom is 0.375 e. The van der Waals surface area contributed by atoms with Gasteiger partial charge < -0.3 is 24.1 Å². The van der Waals surface area contributed by atoms with Crippen molar-refractivity contribution >= 4 is 34.2 Å². The average molecular weight is 408 g/mol. The fraction of sp³-hybridized carbons (Fsp3) is 0.304. The average Bonchev–Trinajstić information content (AvgIpc) is 3.42. The van der Waals surface area contributed by atoms with Crippen molar-refractivity contribution < 1.29 is 23.5 Å². The number of anilines is 2. The molecular weight excluding hydrogens is 384 g/mol. The van der Waals surface area contributed by atoms with Crippen LogP contribution in [-0.4, -0.2) is 38.7 Å². The van der Waals surface area contributed by atoms with E-state index in [1.165, 1.54) is 12.8 Å². The summed E-state index contributed by atoms with van der Waals surface area (Å²) >= 11 is 0. The van der Waals surface area contributed by atoms with E-state index in [2.05, 4.69) is 10.2 Å². The van der Waals surface area contributed by atoms with Crippen LogP contribution in [0.3, 0.4) is 0 Å². The Labute approximate surface area is 174 Å². The highest BCUT2D eigenvalue weighted by Crippen LogP contribution is 2.27. The minimum absolute atomic E-state index is 0.0563. The molecule has 0 radical (unpaired) electrons. The van der Waals surface area contributed by atoms with Crippen LogP contribution in [0.2, 0.25) is 0 Å². The van der Waals surface area contributed by atoms with Crippen LogP contribution in [0.4, 0.5) is 11.4 Å². The standard InChI is InChI=1S/C23H24N2O5/c1-28-14-19-18-6-2-3-7-20(18)30-22(19)23(27)29-15-21(26)24-16-8-10-17(11-9-16)25-12-4-5-13-25/h2-3,6-11H,4-5,12-15H2,1H3,(H,24,26). The second-order valence-electron chi connectivity index (χ2n) is 7.20. The number of methoxy groups -OCH3 is 1. The third kappa shape index (κ3) is 4.31. The lowest BCUT2D eigenvalue weighted by molar-refractivity contribution is -0.119. The number of benzene rings is 2. The van der Waals surface area contributed by atoms with Crippen LogP contribution in [0.25, 0.3) is 11.0 Å². The second kappa shape index (κ2) is 9.00. The Morgan fingerprint density at radius 3 is 2.53 bits per heavy atom. The van der Waals surface area contributed by atoms with E-state index in [0.29, 0.717) is 16.8 Å². The number of nitrogens with zero attached hydrogens (tertiary/aromatic N) is 1. The van der Waals surface area contributed by atoms with Gasteiger partial charge in [-0.1, -0.05) is 18.2 Å². The zero-order valence-electron chi connectivity index (χ0n) is 16.8. The molecule has 7 heteroatoms. The molecule has 1 aromatic heterocycles. The van der Waals surface area contributed by atoms with E-state index in [0.717, 1.165) is 24.2 Å². The number of furan rings is 1. The van der Waals surface area contributed by atoms with Crippen molar-refractivity contribution in [1.82, 2.24) is 0 Å². The van der Waals surface area contributed by atoms with Gasteiger partial charge in [0.1, 0.15) is 5.58 Å². The third-order valence-electron chi connectivity index (χ3n) is 5.13. The summed E-state index contributed by atoms with van der Waals surface area (Å²) in [4.78, 5) is 27.0. The molecule has 3 aromatic rings. The Kier molecular flexibility index (Phi) is 5.99. The van der Waals surface area contributed by atoms with Crippen LogP contribution < -0.4 is 10.2 Å². The van der Waals surface area contributed by atoms with E-state index in [9.17, 15) is 9.59 Å². The van der Waals surface area contributed by atoms with Gasteiger partial charge in [-0.3, -0.25) is 4.79 Å². The number of nitrogens with one attached hydrogen (secondary N) is 1. The maximum absolute atomic E-state index is 12.5. The highest BCUT2D eigenvalue weighted by atomic mass is 16.5. The molecule has 0 unspecified atom stereocenters. The number of esters is 1. The molecule has 2 heterocycles. The van der Waals surface area contributed by atoms with E-state index < -0.39 is 18.5 Å². The number of fused-ring (bicyclic) bond motifs is 1. The van der Waals surface area contributed by atoms with Gasteiger partial charge in [-0.2, -0.15) is 0 Å². The van der Waals surface area contributed by atoms with Gasteiger partial charge in [0, 0.05) is 42.5 Å². The Hall–Kier alpha value is -3.32. The molecule has 1 saturated heterocycles. The first kappa shape index (κ1) is 20.0. The summed E-state index contributed by atoms with van der Waals surface area (Å²) in [6.07, 6.45) is 2.42. The predicted molar refractivity (Wildman–Crippen MR) is 114 cm³/mol. The van der Waals surface area contributed by atoms with Crippen LogP contribution >= 0.6 is 0 Å². The second-order valence-corrected chi connectivity index (χ2v) is 7.20. The van der Waals surface area contributed by atoms with Crippen LogP contribution in [0, 0.1) is 0 Å². The SMILES string of the molecule is COCc1c(C(=O)OCC(=O)Nc2ccc(N3CCCC3)cc2)oc2ccccc12. The number of para-hydroxylation sites is 1. The Morgan fingerprint density at radius 1 is 1.07 bits per heavy atom. The van der Waals surface area contributed by atoms with Crippen molar-refractivity contribution in [2.75, 3.05) is 37.0 Å². The van der Waals surface area contributed by atoms with Crippen LogP contribution in [0.1, 0.15) is 29.0 Å². The van der Waals surface area contributed by atoms with E-state index in [-0.39, 0.29) is 12.4 Å². The highest BCUT2D eigenvalue weighted by Gasteiger charge is 2.22. The molecule has 156 valence electrons. The molecule has 0 atom stereocenters. The Morgan fingerprint density at radius 2 is 1.80 bits per heavy atom. The van der Waals surface area contributed by atoms with Gasteiger partial charge in [0.2, 0.25) is 5.76 Å². The summed E-state index contributed by atoms with van der Waals surface area (Å²) in [7, 11) is 1.54. The van der Waals surface area contributed by atoms with Gasteiger partial charge in [-0.05, 0) is 43.2 Å². The van der Waals surface area contributed by atoms with Crippen molar-refractivity contribution in [3.05, 3.63) is 59.9 Å². The van der Waals surface area contributed by atoms with Gasteiger partial charge in [0.15, 0.2) is 6.61 Å². The molecule has 1 N–H and O–H groups in total. The number of ether oxygens (including phenoxy) is 2. The number of amides is 1. The molecule has 0 saturated carbocycles. The molecule has 1 amide bonds. The van der Waals surface area contributed by atoms with Crippen molar-refractivity contribution in [2.45, 2.75) is 19.4 Å². The number of carbonyl (C=O) groups excluding carboxylic acids is 2. The minimum atomic E-state index is -0.696. The first-order chi connectivity index (χ1) is 14.7. The Balaban J connectivity index is 1.36. The topological polar surface area (TPSA) is 81.0 Å². The predicted octanol–water partition coefficient (Wildman–Crippen LogP) is 3.97. The molecule has 1 fully saturated rings. The highest BCUT2D eigenvalue weighted by molar-refractivity contribution is 5.98. The van der Waals surface area contributed by atoms with Crippen molar-refractivity contribution in [3.63, 3.8) is 0 Å². The minimum Gasteiger partial charge on any atom is -0.450 e. The Bertz CT molecular complexity index is 1040. The zero-order valence-corrected chi connectivity index (χ0v) is 16.8. The quantitative estimate of drug-likeness (QED) is 0.596. The molecule has 7 nitrogen and oxygen atoms in total. The van der Waals surface area contributed by atoms with Crippen LogP contribution in [-0.2, 0) is 20.9 Å². The van der Waals surface area contributed by atoms with E-state index in [1.54, 1.807) is 13.2 Å². The van der Waals surface area contributed by atoms with E-state index in [1.807, 2.05) is 42.5 Å². The fourth-order valence-corrected chi connectivity index (χ4v) is 3.68. The van der Waals surface area contributed by atoms with Crippen LogP contribution in [0.5, 0.6) is 0 Å². The lowest BCUT2D eigenvalue weighted by Gasteiger charge is -2.17. The normalized spacial score (nSPS) is 13.6. The molecule has 1 aliphatic heterocycles. The monoisotopic (exact) mass is 408 g/mol.